The fraction of sp³-hybridized carbons (Fsp3) is 0.231. The number of nitrogen functional groups attached to an aromatic ring is 1. The number of hydrogen-bond donors (Lipinski definition) is 1. The lowest BCUT2D eigenvalue weighted by Gasteiger charge is -2.15. The molecule has 0 spiro atoms. The number of hydrogen-bond acceptors (Lipinski definition) is 4. The highest BCUT2D eigenvalue weighted by Crippen LogP contribution is 2.31. The topological polar surface area (TPSA) is 66.0 Å². The smallest absolute Gasteiger partial charge is 0.152 e. The first-order chi connectivity index (χ1) is 9.24. The third-order valence-corrected chi connectivity index (χ3v) is 3.93. The lowest BCUT2D eigenvalue weighted by Crippen LogP contribution is -2.16. The normalized spacial score (nSPS) is 15.0. The van der Waals surface area contributed by atoms with E-state index < -0.39 is 0 Å². The first-order valence-corrected chi connectivity index (χ1v) is 6.85. The maximum atomic E-state index is 6.03. The summed E-state index contributed by atoms with van der Waals surface area (Å²) in [6.45, 7) is 2.04. The van der Waals surface area contributed by atoms with Crippen LogP contribution in [0.1, 0.15) is 5.82 Å². The predicted octanol–water partition coefficient (Wildman–Crippen LogP) is 2.46. The molecular formula is C13H11BrN4O. The van der Waals surface area contributed by atoms with Gasteiger partial charge in [-0.1, -0.05) is 15.9 Å². The molecule has 0 saturated heterocycles. The first-order valence-electron chi connectivity index (χ1n) is 6.05. The molecule has 0 bridgehead atoms. The fourth-order valence-corrected chi connectivity index (χ4v) is 2.96. The number of halogens is 1. The maximum Gasteiger partial charge on any atom is 0.152 e. The van der Waals surface area contributed by atoms with Gasteiger partial charge >= 0.3 is 0 Å². The van der Waals surface area contributed by atoms with Crippen molar-refractivity contribution in [2.75, 3.05) is 12.3 Å². The summed E-state index contributed by atoms with van der Waals surface area (Å²) in [5.74, 6) is 1.40. The van der Waals surface area contributed by atoms with Gasteiger partial charge < -0.3 is 15.0 Å². The molecule has 0 fully saturated rings. The Labute approximate surface area is 117 Å². The number of rotatable bonds is 0. The molecule has 3 aromatic rings. The molecule has 0 radical (unpaired) electrons. The summed E-state index contributed by atoms with van der Waals surface area (Å²) in [4.78, 5) is 9.00. The second kappa shape index (κ2) is 3.91. The summed E-state index contributed by atoms with van der Waals surface area (Å²) in [5, 5.41) is 1.07. The van der Waals surface area contributed by atoms with Gasteiger partial charge in [-0.3, -0.25) is 0 Å². The quantitative estimate of drug-likeness (QED) is 0.691. The highest BCUT2D eigenvalue weighted by atomic mass is 79.9. The van der Waals surface area contributed by atoms with E-state index in [1.54, 1.807) is 0 Å². The number of anilines is 1. The Bertz CT molecular complexity index is 811. The molecule has 1 aliphatic heterocycles. The summed E-state index contributed by atoms with van der Waals surface area (Å²) >= 11 is 3.51. The fourth-order valence-electron chi connectivity index (χ4n) is 2.60. The minimum absolute atomic E-state index is 0.478. The predicted molar refractivity (Wildman–Crippen MR) is 76.8 cm³/mol. The average molecular weight is 319 g/mol. The van der Waals surface area contributed by atoms with Crippen LogP contribution in [-0.2, 0) is 17.9 Å². The summed E-state index contributed by atoms with van der Waals surface area (Å²) in [6.07, 6.45) is 0. The molecule has 6 heteroatoms. The Kier molecular flexibility index (Phi) is 2.31. The van der Waals surface area contributed by atoms with Crippen LogP contribution in [0.5, 0.6) is 0 Å². The van der Waals surface area contributed by atoms with Crippen LogP contribution in [0.15, 0.2) is 22.7 Å². The molecule has 5 nitrogen and oxygen atoms in total. The molecule has 4 rings (SSSR count). The van der Waals surface area contributed by atoms with Crippen LogP contribution in [0.4, 0.5) is 5.82 Å². The molecule has 1 aliphatic rings. The number of aromatic nitrogens is 3. The van der Waals surface area contributed by atoms with E-state index in [0.717, 1.165) is 38.8 Å². The van der Waals surface area contributed by atoms with Crippen LogP contribution in [0.2, 0.25) is 0 Å². The second-order valence-corrected chi connectivity index (χ2v) is 5.50. The number of pyridine rings is 1. The van der Waals surface area contributed by atoms with Gasteiger partial charge in [0.15, 0.2) is 5.82 Å². The number of ether oxygens (including phenoxy) is 1. The minimum Gasteiger partial charge on any atom is -0.382 e. The zero-order valence-electron chi connectivity index (χ0n) is 10.1. The molecule has 3 heterocycles. The van der Waals surface area contributed by atoms with Crippen molar-refractivity contribution in [3.05, 3.63) is 28.5 Å². The van der Waals surface area contributed by atoms with Gasteiger partial charge in [0, 0.05) is 16.4 Å². The SMILES string of the molecule is Nc1nc2ccc(Br)cc2c2c1nc1n2CCOC1. The van der Waals surface area contributed by atoms with E-state index in [2.05, 4.69) is 36.5 Å². The van der Waals surface area contributed by atoms with Crippen molar-refractivity contribution < 1.29 is 4.74 Å². The summed E-state index contributed by atoms with van der Waals surface area (Å²) in [7, 11) is 0. The number of fused-ring (bicyclic) bond motifs is 5. The zero-order valence-corrected chi connectivity index (χ0v) is 11.6. The molecule has 1 aromatic carbocycles. The van der Waals surface area contributed by atoms with E-state index in [1.807, 2.05) is 12.1 Å². The first kappa shape index (κ1) is 11.2. The Morgan fingerprint density at radius 2 is 2.21 bits per heavy atom. The van der Waals surface area contributed by atoms with Crippen molar-refractivity contribution in [2.45, 2.75) is 13.2 Å². The van der Waals surface area contributed by atoms with Crippen LogP contribution in [-0.4, -0.2) is 21.1 Å². The molecule has 0 unspecified atom stereocenters. The van der Waals surface area contributed by atoms with Crippen molar-refractivity contribution in [2.24, 2.45) is 0 Å². The van der Waals surface area contributed by atoms with Crippen LogP contribution in [0.25, 0.3) is 21.9 Å². The Hall–Kier alpha value is -1.66. The highest BCUT2D eigenvalue weighted by Gasteiger charge is 2.19. The van der Waals surface area contributed by atoms with E-state index in [0.29, 0.717) is 19.0 Å². The van der Waals surface area contributed by atoms with E-state index in [1.165, 1.54) is 0 Å². The summed E-state index contributed by atoms with van der Waals surface area (Å²) in [6, 6.07) is 6.00. The zero-order chi connectivity index (χ0) is 13.0. The van der Waals surface area contributed by atoms with Crippen molar-refractivity contribution in [1.82, 2.24) is 14.5 Å². The van der Waals surface area contributed by atoms with Gasteiger partial charge in [-0.2, -0.15) is 0 Å². The van der Waals surface area contributed by atoms with Crippen molar-refractivity contribution in [3.63, 3.8) is 0 Å². The second-order valence-electron chi connectivity index (χ2n) is 4.59. The lowest BCUT2D eigenvalue weighted by atomic mass is 10.2. The minimum atomic E-state index is 0.478. The highest BCUT2D eigenvalue weighted by molar-refractivity contribution is 9.10. The number of imidazole rings is 1. The molecule has 19 heavy (non-hydrogen) atoms. The summed E-state index contributed by atoms with van der Waals surface area (Å²) < 4.78 is 8.66. The Morgan fingerprint density at radius 3 is 3.11 bits per heavy atom. The van der Waals surface area contributed by atoms with Gasteiger partial charge in [0.1, 0.15) is 17.9 Å². The monoisotopic (exact) mass is 318 g/mol. The van der Waals surface area contributed by atoms with E-state index in [9.17, 15) is 0 Å². The largest absolute Gasteiger partial charge is 0.382 e. The Morgan fingerprint density at radius 1 is 1.32 bits per heavy atom. The third kappa shape index (κ3) is 1.56. The van der Waals surface area contributed by atoms with Gasteiger partial charge in [-0.15, -0.1) is 0 Å². The standard InChI is InChI=1S/C13H11BrN4O/c14-7-1-2-9-8(5-7)12-11(13(15)16-9)17-10-6-19-4-3-18(10)12/h1-2,5H,3-4,6H2,(H2,15,16). The molecule has 0 aliphatic carbocycles. The molecule has 2 N–H and O–H groups in total. The van der Waals surface area contributed by atoms with Crippen LogP contribution in [0.3, 0.4) is 0 Å². The van der Waals surface area contributed by atoms with E-state index in [4.69, 9.17) is 10.5 Å². The molecule has 2 aromatic heterocycles. The maximum absolute atomic E-state index is 6.03. The number of nitrogens with two attached hydrogens (primary N) is 1. The average Bonchev–Trinajstić information content (AvgIpc) is 2.80. The van der Waals surface area contributed by atoms with E-state index >= 15 is 0 Å². The van der Waals surface area contributed by atoms with Gasteiger partial charge in [0.2, 0.25) is 0 Å². The molecule has 0 saturated carbocycles. The van der Waals surface area contributed by atoms with Crippen molar-refractivity contribution in [1.29, 1.82) is 0 Å². The van der Waals surface area contributed by atoms with Gasteiger partial charge in [-0.25, -0.2) is 9.97 Å². The van der Waals surface area contributed by atoms with Crippen molar-refractivity contribution >= 4 is 43.7 Å². The van der Waals surface area contributed by atoms with Crippen LogP contribution < -0.4 is 5.73 Å². The van der Waals surface area contributed by atoms with Crippen LogP contribution >= 0.6 is 15.9 Å². The molecule has 0 atom stereocenters. The lowest BCUT2D eigenvalue weighted by molar-refractivity contribution is 0.0831. The molecule has 96 valence electrons. The van der Waals surface area contributed by atoms with Crippen LogP contribution in [0, 0.1) is 0 Å². The molecule has 0 amide bonds. The Balaban J connectivity index is 2.23. The van der Waals surface area contributed by atoms with Gasteiger partial charge in [0.05, 0.1) is 17.6 Å². The third-order valence-electron chi connectivity index (χ3n) is 3.43. The number of benzene rings is 1. The van der Waals surface area contributed by atoms with Crippen molar-refractivity contribution in [3.8, 4) is 0 Å². The molecular weight excluding hydrogens is 308 g/mol. The number of nitrogens with zero attached hydrogens (tertiary/aromatic N) is 3. The van der Waals surface area contributed by atoms with E-state index in [-0.39, 0.29) is 0 Å². The van der Waals surface area contributed by atoms with Gasteiger partial charge in [0.25, 0.3) is 0 Å². The van der Waals surface area contributed by atoms with Gasteiger partial charge in [-0.05, 0) is 18.2 Å². The summed E-state index contributed by atoms with van der Waals surface area (Å²) in [5.41, 5.74) is 8.75.